The Morgan fingerprint density at radius 3 is 2.11 bits per heavy atom. The lowest BCUT2D eigenvalue weighted by molar-refractivity contribution is -0.161. The highest BCUT2D eigenvalue weighted by molar-refractivity contribution is 7.46. The minimum Gasteiger partial charge on any atom is -0.462 e. The van der Waals surface area contributed by atoms with Crippen molar-refractivity contribution in [1.82, 2.24) is 0 Å². The SMILES string of the molecule is CC/C=C\C/C=C\C/C=C\CCCCCCCC(=O)OC[C@H](COP(=O)(O)O)OC(=O)CCCCCC[C@H]1C(=O)C[C@@H](O)[C@@H]1/C=C/[C@@H](O)CCCCC. The minimum absolute atomic E-state index is 0.0325. The number of allylic oxidation sites excluding steroid dienone is 6. The Morgan fingerprint density at radius 1 is 0.811 bits per heavy atom. The van der Waals surface area contributed by atoms with Gasteiger partial charge in [0, 0.05) is 31.1 Å². The van der Waals surface area contributed by atoms with Gasteiger partial charge in [0.25, 0.3) is 0 Å². The fraction of sp³-hybridized carbons (Fsp3) is 0.732. The summed E-state index contributed by atoms with van der Waals surface area (Å²) in [7, 11) is -4.83. The highest BCUT2D eigenvalue weighted by Gasteiger charge is 2.39. The van der Waals surface area contributed by atoms with E-state index in [1.165, 1.54) is 0 Å². The van der Waals surface area contributed by atoms with Crippen LogP contribution in [0.5, 0.6) is 0 Å². The van der Waals surface area contributed by atoms with E-state index < -0.39 is 44.7 Å². The molecule has 0 spiro atoms. The molecule has 53 heavy (non-hydrogen) atoms. The Labute approximate surface area is 318 Å². The van der Waals surface area contributed by atoms with Gasteiger partial charge in [-0.3, -0.25) is 18.9 Å². The third kappa shape index (κ3) is 26.9. The second-order valence-corrected chi connectivity index (χ2v) is 15.2. The number of esters is 2. The summed E-state index contributed by atoms with van der Waals surface area (Å²) in [4.78, 5) is 55.5. The van der Waals surface area contributed by atoms with Crippen LogP contribution in [0.15, 0.2) is 48.6 Å². The first-order valence-corrected chi connectivity index (χ1v) is 21.6. The van der Waals surface area contributed by atoms with Gasteiger partial charge in [0.2, 0.25) is 0 Å². The molecule has 12 heteroatoms. The van der Waals surface area contributed by atoms with Crippen molar-refractivity contribution in [2.75, 3.05) is 13.2 Å². The summed E-state index contributed by atoms with van der Waals surface area (Å²) in [5, 5.41) is 20.6. The Hall–Kier alpha value is -2.40. The third-order valence-electron chi connectivity index (χ3n) is 9.23. The smallest absolute Gasteiger partial charge is 0.462 e. The number of phosphoric ester groups is 1. The molecule has 4 N–H and O–H groups in total. The van der Waals surface area contributed by atoms with E-state index in [1.54, 1.807) is 12.2 Å². The molecule has 1 saturated carbocycles. The molecule has 0 aliphatic heterocycles. The van der Waals surface area contributed by atoms with E-state index >= 15 is 0 Å². The summed E-state index contributed by atoms with van der Waals surface area (Å²) in [5.41, 5.74) is 0. The van der Waals surface area contributed by atoms with Gasteiger partial charge in [-0.15, -0.1) is 0 Å². The summed E-state index contributed by atoms with van der Waals surface area (Å²) in [5.74, 6) is -1.63. The van der Waals surface area contributed by atoms with Gasteiger partial charge in [0.15, 0.2) is 6.10 Å². The van der Waals surface area contributed by atoms with Gasteiger partial charge in [0.1, 0.15) is 12.4 Å². The monoisotopic (exact) mass is 768 g/mol. The van der Waals surface area contributed by atoms with Crippen LogP contribution >= 0.6 is 7.82 Å². The quantitative estimate of drug-likeness (QED) is 0.0223. The summed E-state index contributed by atoms with van der Waals surface area (Å²) >= 11 is 0. The van der Waals surface area contributed by atoms with E-state index in [-0.39, 0.29) is 43.5 Å². The van der Waals surface area contributed by atoms with Crippen LogP contribution in [-0.2, 0) is 32.9 Å². The zero-order valence-electron chi connectivity index (χ0n) is 32.4. The molecular weight excluding hydrogens is 699 g/mol. The molecule has 0 heterocycles. The van der Waals surface area contributed by atoms with Crippen molar-refractivity contribution >= 4 is 25.5 Å². The summed E-state index contributed by atoms with van der Waals surface area (Å²) in [6.07, 6.45) is 30.2. The lowest BCUT2D eigenvalue weighted by Gasteiger charge is -2.19. The summed E-state index contributed by atoms with van der Waals surface area (Å²) < 4.78 is 26.3. The van der Waals surface area contributed by atoms with Crippen LogP contribution in [0.25, 0.3) is 0 Å². The number of rotatable bonds is 32. The molecule has 1 aliphatic rings. The van der Waals surface area contributed by atoms with E-state index in [9.17, 15) is 29.2 Å². The maximum Gasteiger partial charge on any atom is 0.469 e. The van der Waals surface area contributed by atoms with E-state index in [0.29, 0.717) is 32.1 Å². The largest absolute Gasteiger partial charge is 0.469 e. The molecule has 1 fully saturated rings. The summed E-state index contributed by atoms with van der Waals surface area (Å²) in [6, 6.07) is 0. The van der Waals surface area contributed by atoms with E-state index in [2.05, 4.69) is 54.8 Å². The van der Waals surface area contributed by atoms with E-state index in [0.717, 1.165) is 83.5 Å². The Kier molecular flexibility index (Phi) is 28.3. The lowest BCUT2D eigenvalue weighted by Crippen LogP contribution is -2.29. The van der Waals surface area contributed by atoms with Crippen LogP contribution in [0.3, 0.4) is 0 Å². The fourth-order valence-corrected chi connectivity index (χ4v) is 6.58. The maximum atomic E-state index is 12.5. The Bertz CT molecular complexity index is 1160. The Morgan fingerprint density at radius 2 is 1.43 bits per heavy atom. The molecule has 0 aromatic rings. The maximum absolute atomic E-state index is 12.5. The first-order chi connectivity index (χ1) is 25.5. The van der Waals surface area contributed by atoms with E-state index in [1.807, 2.05) is 0 Å². The number of aliphatic hydroxyl groups is 2. The van der Waals surface area contributed by atoms with Gasteiger partial charge in [-0.05, 0) is 57.8 Å². The van der Waals surface area contributed by atoms with Crippen LogP contribution in [0.4, 0.5) is 0 Å². The van der Waals surface area contributed by atoms with Crippen LogP contribution in [0, 0.1) is 11.8 Å². The highest BCUT2D eigenvalue weighted by Crippen LogP contribution is 2.36. The number of aliphatic hydroxyl groups excluding tert-OH is 2. The van der Waals surface area contributed by atoms with Gasteiger partial charge >= 0.3 is 19.8 Å². The lowest BCUT2D eigenvalue weighted by atomic mass is 9.88. The molecule has 304 valence electrons. The van der Waals surface area contributed by atoms with Gasteiger partial charge < -0.3 is 29.5 Å². The second kappa shape index (κ2) is 30.9. The zero-order chi connectivity index (χ0) is 39.2. The number of carbonyl (C=O) groups is 3. The normalized spacial score (nSPS) is 19.3. The van der Waals surface area contributed by atoms with Crippen LogP contribution < -0.4 is 0 Å². The van der Waals surface area contributed by atoms with Crippen LogP contribution in [0.2, 0.25) is 0 Å². The van der Waals surface area contributed by atoms with Gasteiger partial charge in [-0.25, -0.2) is 4.57 Å². The molecule has 1 aliphatic carbocycles. The Balaban J connectivity index is 2.30. The second-order valence-electron chi connectivity index (χ2n) is 14.0. The molecule has 0 aromatic carbocycles. The predicted molar refractivity (Wildman–Crippen MR) is 208 cm³/mol. The zero-order valence-corrected chi connectivity index (χ0v) is 33.3. The first kappa shape index (κ1) is 48.6. The van der Waals surface area contributed by atoms with Gasteiger partial charge in [-0.1, -0.05) is 120 Å². The molecule has 5 atom stereocenters. The average molecular weight is 769 g/mol. The summed E-state index contributed by atoms with van der Waals surface area (Å²) in [6.45, 7) is 3.24. The molecule has 0 radical (unpaired) electrons. The van der Waals surface area contributed by atoms with Crippen molar-refractivity contribution in [3.63, 3.8) is 0 Å². The highest BCUT2D eigenvalue weighted by atomic mass is 31.2. The van der Waals surface area contributed by atoms with Crippen molar-refractivity contribution in [1.29, 1.82) is 0 Å². The number of ether oxygens (including phenoxy) is 2. The van der Waals surface area contributed by atoms with Gasteiger partial charge in [-0.2, -0.15) is 0 Å². The topological polar surface area (TPSA) is 177 Å². The molecule has 0 saturated heterocycles. The van der Waals surface area contributed by atoms with Crippen molar-refractivity contribution in [2.24, 2.45) is 11.8 Å². The van der Waals surface area contributed by atoms with Crippen molar-refractivity contribution in [3.8, 4) is 0 Å². The molecule has 11 nitrogen and oxygen atoms in total. The number of carbonyl (C=O) groups excluding carboxylic acids is 3. The minimum atomic E-state index is -4.83. The molecule has 0 amide bonds. The number of ketones is 1. The molecule has 1 rings (SSSR count). The number of Topliss-reactive ketones (excluding diaryl/α,β-unsaturated/α-hetero) is 1. The van der Waals surface area contributed by atoms with E-state index in [4.69, 9.17) is 19.3 Å². The fourth-order valence-electron chi connectivity index (χ4n) is 6.22. The van der Waals surface area contributed by atoms with Crippen molar-refractivity contribution in [3.05, 3.63) is 48.6 Å². The molecule has 0 aromatic heterocycles. The van der Waals surface area contributed by atoms with Crippen LogP contribution in [0.1, 0.15) is 149 Å². The molecule has 0 bridgehead atoms. The number of unbranched alkanes of at least 4 members (excludes halogenated alkanes) is 10. The standard InChI is InChI=1S/C41H69O11P/c1-3-5-7-8-9-10-11-12-13-14-15-16-17-18-23-27-40(45)50-32-35(33-51-53(47,48)49)52-41(46)28-24-20-19-22-26-36-37(39(44)31-38(36)43)30-29-34(42)25-21-6-4-2/h5,7,9-10,12-13,29-30,34-37,39,42,44H,3-4,6,8,11,14-28,31-33H2,1-2H3,(H2,47,48,49)/b7-5-,10-9-,13-12-,30-29+/t34-,35+,36+,37+,39+/m0/s1. The first-order valence-electron chi connectivity index (χ1n) is 20.0. The molecular formula is C41H69O11P. The number of hydrogen-bond donors (Lipinski definition) is 4. The third-order valence-corrected chi connectivity index (χ3v) is 9.71. The van der Waals surface area contributed by atoms with Crippen LogP contribution in [-0.4, -0.2) is 69.2 Å². The molecule has 0 unspecified atom stereocenters. The van der Waals surface area contributed by atoms with Crippen molar-refractivity contribution in [2.45, 2.75) is 167 Å². The number of phosphoric acid groups is 1. The van der Waals surface area contributed by atoms with Gasteiger partial charge in [0.05, 0.1) is 18.8 Å². The van der Waals surface area contributed by atoms with Crippen molar-refractivity contribution < 1.29 is 52.9 Å². The average Bonchev–Trinajstić information content (AvgIpc) is 3.38. The predicted octanol–water partition coefficient (Wildman–Crippen LogP) is 8.54. The number of hydrogen-bond acceptors (Lipinski definition) is 9.